The van der Waals surface area contributed by atoms with Crippen LogP contribution in [0.2, 0.25) is 0 Å². The van der Waals surface area contributed by atoms with Crippen molar-refractivity contribution in [2.75, 3.05) is 24.4 Å². The van der Waals surface area contributed by atoms with Crippen molar-refractivity contribution in [3.05, 3.63) is 27.8 Å². The Morgan fingerprint density at radius 2 is 1.43 bits per heavy atom. The van der Waals surface area contributed by atoms with E-state index in [2.05, 4.69) is 5.32 Å². The van der Waals surface area contributed by atoms with Gasteiger partial charge in [0.05, 0.1) is 6.61 Å². The van der Waals surface area contributed by atoms with Gasteiger partial charge in [-0.15, -0.1) is 11.6 Å². The van der Waals surface area contributed by atoms with Gasteiger partial charge in [0.2, 0.25) is 5.91 Å². The number of ether oxygens (including phenoxy) is 1. The molecule has 0 fully saturated rings. The fraction of sp³-hybridized carbons (Fsp3) is 0.550. The molecule has 0 aliphatic rings. The van der Waals surface area contributed by atoms with Crippen LogP contribution in [0.4, 0.5) is 5.69 Å². The second-order valence-corrected chi connectivity index (χ2v) is 6.11. The number of carbonyl (C=O) groups is 3. The van der Waals surface area contributed by atoms with Crippen molar-refractivity contribution in [2.24, 2.45) is 0 Å². The van der Waals surface area contributed by atoms with E-state index in [0.29, 0.717) is 28.8 Å². The summed E-state index contributed by atoms with van der Waals surface area (Å²) in [6.45, 7) is 13.1. The average molecular weight is 455 g/mol. The Hall–Kier alpha value is -1.14. The lowest BCUT2D eigenvalue weighted by Gasteiger charge is -2.20. The Morgan fingerprint density at radius 3 is 1.82 bits per heavy atom. The van der Waals surface area contributed by atoms with Gasteiger partial charge in [0, 0.05) is 22.7 Å². The van der Waals surface area contributed by atoms with Crippen LogP contribution in [0.1, 0.15) is 72.0 Å². The molecule has 0 aliphatic heterocycles. The van der Waals surface area contributed by atoms with E-state index in [1.54, 1.807) is 13.8 Å². The minimum absolute atomic E-state index is 0.162. The zero-order valence-electron chi connectivity index (χ0n) is 17.6. The van der Waals surface area contributed by atoms with Gasteiger partial charge in [-0.2, -0.15) is 0 Å². The van der Waals surface area contributed by atoms with Gasteiger partial charge in [0.25, 0.3) is 10.5 Å². The SMILES string of the molecule is CC.CC.CCc1c(NC(=O)COCCCl)c(C)c(C(=O)Cl)c(C)c1C(=O)Cl. The highest BCUT2D eigenvalue weighted by Gasteiger charge is 2.25. The smallest absolute Gasteiger partial charge is 0.253 e. The van der Waals surface area contributed by atoms with E-state index in [4.69, 9.17) is 39.5 Å². The molecule has 0 radical (unpaired) electrons. The Balaban J connectivity index is 0. The number of alkyl halides is 1. The summed E-state index contributed by atoms with van der Waals surface area (Å²) in [5.74, 6) is -0.157. The van der Waals surface area contributed by atoms with Crippen LogP contribution in [0.25, 0.3) is 0 Å². The van der Waals surface area contributed by atoms with Crippen LogP contribution < -0.4 is 5.32 Å². The third-order valence-corrected chi connectivity index (χ3v) is 4.10. The van der Waals surface area contributed by atoms with Crippen LogP contribution >= 0.6 is 34.8 Å². The highest BCUT2D eigenvalue weighted by molar-refractivity contribution is 6.69. The van der Waals surface area contributed by atoms with E-state index in [9.17, 15) is 14.4 Å². The predicted molar refractivity (Wildman–Crippen MR) is 119 cm³/mol. The van der Waals surface area contributed by atoms with E-state index in [1.807, 2.05) is 34.6 Å². The van der Waals surface area contributed by atoms with Gasteiger partial charge in [0.15, 0.2) is 0 Å². The molecule has 1 rings (SSSR count). The number of halogens is 3. The average Bonchev–Trinajstić information content (AvgIpc) is 2.66. The molecule has 1 amide bonds. The van der Waals surface area contributed by atoms with Crippen molar-refractivity contribution in [2.45, 2.75) is 54.9 Å². The van der Waals surface area contributed by atoms with Gasteiger partial charge in [-0.3, -0.25) is 14.4 Å². The minimum atomic E-state index is -0.722. The fourth-order valence-electron chi connectivity index (χ4n) is 2.59. The van der Waals surface area contributed by atoms with E-state index >= 15 is 0 Å². The molecule has 28 heavy (non-hydrogen) atoms. The summed E-state index contributed by atoms with van der Waals surface area (Å²) in [5.41, 5.74) is 2.14. The molecule has 0 bridgehead atoms. The summed E-state index contributed by atoms with van der Waals surface area (Å²) in [4.78, 5) is 35.6. The van der Waals surface area contributed by atoms with Gasteiger partial charge in [-0.25, -0.2) is 0 Å². The molecular formula is C20H30Cl3NO4. The second kappa shape index (κ2) is 15.7. The summed E-state index contributed by atoms with van der Waals surface area (Å²) >= 11 is 16.8. The lowest BCUT2D eigenvalue weighted by atomic mass is 9.90. The van der Waals surface area contributed by atoms with Gasteiger partial charge in [-0.1, -0.05) is 34.6 Å². The number of hydrogen-bond donors (Lipinski definition) is 1. The molecule has 0 aliphatic carbocycles. The highest BCUT2D eigenvalue weighted by Crippen LogP contribution is 2.34. The van der Waals surface area contributed by atoms with Crippen LogP contribution in [0.5, 0.6) is 0 Å². The molecule has 0 spiro atoms. The Morgan fingerprint density at radius 1 is 0.929 bits per heavy atom. The van der Waals surface area contributed by atoms with E-state index in [-0.39, 0.29) is 30.2 Å². The van der Waals surface area contributed by atoms with Crippen molar-refractivity contribution in [1.82, 2.24) is 0 Å². The molecule has 0 heterocycles. The summed E-state index contributed by atoms with van der Waals surface area (Å²) in [7, 11) is 0. The highest BCUT2D eigenvalue weighted by atomic mass is 35.5. The van der Waals surface area contributed by atoms with E-state index in [1.165, 1.54) is 0 Å². The largest absolute Gasteiger partial charge is 0.370 e. The van der Waals surface area contributed by atoms with Crippen LogP contribution in [-0.4, -0.2) is 35.5 Å². The molecule has 1 aromatic carbocycles. The van der Waals surface area contributed by atoms with Crippen molar-refractivity contribution >= 4 is 56.9 Å². The van der Waals surface area contributed by atoms with Crippen LogP contribution in [-0.2, 0) is 16.0 Å². The summed E-state index contributed by atoms with van der Waals surface area (Å²) in [5, 5.41) is 1.25. The van der Waals surface area contributed by atoms with Crippen LogP contribution in [0, 0.1) is 13.8 Å². The maximum atomic E-state index is 12.0. The Bertz CT molecular complexity index is 676. The number of benzene rings is 1. The molecule has 1 N–H and O–H groups in total. The van der Waals surface area contributed by atoms with Gasteiger partial charge in [-0.05, 0) is 60.2 Å². The topological polar surface area (TPSA) is 72.5 Å². The first-order valence-corrected chi connectivity index (χ1v) is 10.5. The lowest BCUT2D eigenvalue weighted by molar-refractivity contribution is -0.120. The summed E-state index contributed by atoms with van der Waals surface area (Å²) in [6, 6.07) is 0. The molecular weight excluding hydrogens is 425 g/mol. The first-order chi connectivity index (χ1) is 13.3. The van der Waals surface area contributed by atoms with Gasteiger partial charge >= 0.3 is 0 Å². The van der Waals surface area contributed by atoms with Gasteiger partial charge < -0.3 is 10.1 Å². The van der Waals surface area contributed by atoms with Crippen molar-refractivity contribution < 1.29 is 19.1 Å². The zero-order chi connectivity index (χ0) is 22.4. The number of amides is 1. The molecule has 5 nitrogen and oxygen atoms in total. The molecule has 1 aromatic rings. The third kappa shape index (κ3) is 8.08. The molecule has 0 saturated heterocycles. The maximum Gasteiger partial charge on any atom is 0.253 e. The van der Waals surface area contributed by atoms with E-state index < -0.39 is 16.4 Å². The van der Waals surface area contributed by atoms with Crippen LogP contribution in [0.15, 0.2) is 0 Å². The van der Waals surface area contributed by atoms with Crippen molar-refractivity contribution in [1.29, 1.82) is 0 Å². The number of nitrogens with one attached hydrogen (secondary N) is 1. The number of rotatable bonds is 8. The molecule has 8 heteroatoms. The first-order valence-electron chi connectivity index (χ1n) is 9.25. The third-order valence-electron chi connectivity index (χ3n) is 3.57. The molecule has 0 aromatic heterocycles. The molecule has 0 atom stereocenters. The van der Waals surface area contributed by atoms with Crippen LogP contribution in [0.3, 0.4) is 0 Å². The number of carbonyl (C=O) groups excluding carboxylic acids is 3. The molecule has 160 valence electrons. The quantitative estimate of drug-likeness (QED) is 0.303. The zero-order valence-corrected chi connectivity index (χ0v) is 19.9. The standard InChI is InChI=1S/C16H18Cl3NO4.2C2H6/c1-4-10-13(16(19)23)8(2)12(15(18)22)9(3)14(10)20-11(21)7-24-6-5-17;2*1-2/h4-7H2,1-3H3,(H,20,21);2*1-2H3. The Kier molecular flexibility index (Phi) is 16.3. The lowest BCUT2D eigenvalue weighted by Crippen LogP contribution is -2.22. The molecule has 0 saturated carbocycles. The first kappa shape index (κ1) is 29.1. The predicted octanol–water partition coefficient (Wildman–Crippen LogP) is 5.87. The summed E-state index contributed by atoms with van der Waals surface area (Å²) in [6.07, 6.45) is 0.435. The van der Waals surface area contributed by atoms with Gasteiger partial charge in [0.1, 0.15) is 6.61 Å². The second-order valence-electron chi connectivity index (χ2n) is 5.04. The number of anilines is 1. The monoisotopic (exact) mass is 453 g/mol. The van der Waals surface area contributed by atoms with E-state index in [0.717, 1.165) is 0 Å². The van der Waals surface area contributed by atoms with Crippen molar-refractivity contribution in [3.8, 4) is 0 Å². The fourth-order valence-corrected chi connectivity index (χ4v) is 3.24. The molecule has 0 unspecified atom stereocenters. The normalized spacial score (nSPS) is 9.50. The summed E-state index contributed by atoms with van der Waals surface area (Å²) < 4.78 is 5.08. The minimum Gasteiger partial charge on any atom is -0.370 e. The van der Waals surface area contributed by atoms with Crippen molar-refractivity contribution in [3.63, 3.8) is 0 Å². The maximum absolute atomic E-state index is 12.0. The number of hydrogen-bond acceptors (Lipinski definition) is 4. The Labute approximate surface area is 183 Å².